The lowest BCUT2D eigenvalue weighted by Gasteiger charge is -2.33. The van der Waals surface area contributed by atoms with Crippen LogP contribution < -0.4 is 0 Å². The summed E-state index contributed by atoms with van der Waals surface area (Å²) in [7, 11) is -3.84. The molecule has 0 atom stereocenters. The van der Waals surface area contributed by atoms with Crippen LogP contribution in [0.1, 0.15) is 16.1 Å². The van der Waals surface area contributed by atoms with E-state index in [1.165, 1.54) is 4.31 Å². The van der Waals surface area contributed by atoms with Crippen LogP contribution in [0.25, 0.3) is 22.3 Å². The van der Waals surface area contributed by atoms with Crippen molar-refractivity contribution in [2.24, 2.45) is 5.18 Å². The number of halogens is 1. The van der Waals surface area contributed by atoms with Gasteiger partial charge in [-0.05, 0) is 42.5 Å². The summed E-state index contributed by atoms with van der Waals surface area (Å²) in [6.45, 7) is 0.829. The number of imidazole rings is 1. The Labute approximate surface area is 211 Å². The van der Waals surface area contributed by atoms with Crippen molar-refractivity contribution in [3.8, 4) is 11.3 Å². The van der Waals surface area contributed by atoms with Crippen molar-refractivity contribution in [1.82, 2.24) is 24.2 Å². The molecule has 0 bridgehead atoms. The average Bonchev–Trinajstić information content (AvgIpc) is 3.33. The predicted molar refractivity (Wildman–Crippen MR) is 135 cm³/mol. The van der Waals surface area contributed by atoms with E-state index in [9.17, 15) is 18.1 Å². The maximum absolute atomic E-state index is 13.1. The Hall–Kier alpha value is -3.67. The van der Waals surface area contributed by atoms with E-state index in [0.717, 1.165) is 5.56 Å². The molecule has 0 aliphatic carbocycles. The number of carbonyl (C=O) groups is 1. The van der Waals surface area contributed by atoms with Gasteiger partial charge in [-0.2, -0.15) is 9.21 Å². The standard InChI is InChI=1S/C24H21ClN6O4S/c25-18-8-9-21-22(14-18)29-24(28-21)36(34,35)31-12-10-30(11-13-31)23(32)17-6-4-16(5-7-17)20-3-1-2-19(27-20)15-26-33/h1-9,14H,10-13,15H2,(H,28,29). The number of aromatic amines is 1. The number of nitrogens with one attached hydrogen (secondary N) is 1. The Balaban J connectivity index is 1.25. The molecule has 0 unspecified atom stereocenters. The number of benzene rings is 2. The minimum Gasteiger partial charge on any atom is -0.336 e. The predicted octanol–water partition coefficient (Wildman–Crippen LogP) is 3.69. The molecule has 1 saturated heterocycles. The molecule has 0 spiro atoms. The largest absolute Gasteiger partial charge is 0.336 e. The number of fused-ring (bicyclic) bond motifs is 1. The number of nitrogens with zero attached hydrogens (tertiary/aromatic N) is 5. The monoisotopic (exact) mass is 524 g/mol. The summed E-state index contributed by atoms with van der Waals surface area (Å²) in [6.07, 6.45) is 0. The highest BCUT2D eigenvalue weighted by Gasteiger charge is 2.32. The van der Waals surface area contributed by atoms with Gasteiger partial charge in [0.25, 0.3) is 15.9 Å². The second-order valence-electron chi connectivity index (χ2n) is 8.28. The summed E-state index contributed by atoms with van der Waals surface area (Å²) in [5, 5.41) is 3.20. The normalized spacial score (nSPS) is 14.8. The number of rotatable bonds is 6. The van der Waals surface area contributed by atoms with Gasteiger partial charge in [-0.25, -0.2) is 13.4 Å². The van der Waals surface area contributed by atoms with Gasteiger partial charge in [-0.3, -0.25) is 9.78 Å². The highest BCUT2D eigenvalue weighted by atomic mass is 35.5. The van der Waals surface area contributed by atoms with Crippen LogP contribution in [0.5, 0.6) is 0 Å². The van der Waals surface area contributed by atoms with Gasteiger partial charge in [0, 0.05) is 42.3 Å². The molecule has 2 aromatic heterocycles. The van der Waals surface area contributed by atoms with Gasteiger partial charge < -0.3 is 9.88 Å². The molecular weight excluding hydrogens is 504 g/mol. The Bertz CT molecular complexity index is 1550. The lowest BCUT2D eigenvalue weighted by atomic mass is 10.1. The number of H-pyrrole nitrogens is 1. The first-order valence-corrected chi connectivity index (χ1v) is 13.0. The molecule has 3 heterocycles. The Morgan fingerprint density at radius 2 is 1.75 bits per heavy atom. The quantitative estimate of drug-likeness (QED) is 0.383. The van der Waals surface area contributed by atoms with Crippen LogP contribution in [0.2, 0.25) is 5.02 Å². The molecule has 1 amide bonds. The number of hydrogen-bond acceptors (Lipinski definition) is 7. The van der Waals surface area contributed by atoms with Crippen LogP contribution in [-0.2, 0) is 16.6 Å². The van der Waals surface area contributed by atoms with E-state index in [-0.39, 0.29) is 43.8 Å². The topological polar surface area (TPSA) is 129 Å². The van der Waals surface area contributed by atoms with Gasteiger partial charge in [0.1, 0.15) is 6.54 Å². The number of sulfonamides is 1. The van der Waals surface area contributed by atoms with Crippen LogP contribution in [0.4, 0.5) is 0 Å². The van der Waals surface area contributed by atoms with Crippen LogP contribution in [0, 0.1) is 4.91 Å². The highest BCUT2D eigenvalue weighted by molar-refractivity contribution is 7.89. The maximum atomic E-state index is 13.1. The summed E-state index contributed by atoms with van der Waals surface area (Å²) in [5.41, 5.74) is 3.61. The fourth-order valence-electron chi connectivity index (χ4n) is 4.09. The van der Waals surface area contributed by atoms with Gasteiger partial charge in [-0.1, -0.05) is 35.0 Å². The van der Waals surface area contributed by atoms with Crippen molar-refractivity contribution in [2.75, 3.05) is 26.2 Å². The molecule has 0 radical (unpaired) electrons. The van der Waals surface area contributed by atoms with Crippen molar-refractivity contribution in [2.45, 2.75) is 11.7 Å². The number of hydrogen-bond donors (Lipinski definition) is 1. The number of piperazine rings is 1. The van der Waals surface area contributed by atoms with E-state index < -0.39 is 10.0 Å². The van der Waals surface area contributed by atoms with E-state index in [1.54, 1.807) is 59.5 Å². The fraction of sp³-hybridized carbons (Fsp3) is 0.208. The van der Waals surface area contributed by atoms with Crippen molar-refractivity contribution in [1.29, 1.82) is 0 Å². The third-order valence-corrected chi connectivity index (χ3v) is 7.96. The van der Waals surface area contributed by atoms with Crippen molar-refractivity contribution in [3.63, 3.8) is 0 Å². The summed E-state index contributed by atoms with van der Waals surface area (Å²) < 4.78 is 27.5. The second-order valence-corrected chi connectivity index (χ2v) is 10.6. The smallest absolute Gasteiger partial charge is 0.276 e. The van der Waals surface area contributed by atoms with E-state index in [2.05, 4.69) is 20.1 Å². The average molecular weight is 525 g/mol. The van der Waals surface area contributed by atoms with E-state index in [4.69, 9.17) is 11.6 Å². The molecule has 5 rings (SSSR count). The Morgan fingerprint density at radius 3 is 2.47 bits per heavy atom. The van der Waals surface area contributed by atoms with E-state index >= 15 is 0 Å². The lowest BCUT2D eigenvalue weighted by Crippen LogP contribution is -2.50. The molecule has 0 saturated carbocycles. The summed E-state index contributed by atoms with van der Waals surface area (Å²) >= 11 is 5.98. The minimum atomic E-state index is -3.84. The third kappa shape index (κ3) is 4.72. The van der Waals surface area contributed by atoms with Gasteiger partial charge in [0.2, 0.25) is 5.16 Å². The number of carbonyl (C=O) groups excluding carboxylic acids is 1. The minimum absolute atomic E-state index is 0.00317. The van der Waals surface area contributed by atoms with Gasteiger partial charge in [0.15, 0.2) is 0 Å². The van der Waals surface area contributed by atoms with Crippen LogP contribution in [-0.4, -0.2) is 64.7 Å². The lowest BCUT2D eigenvalue weighted by molar-refractivity contribution is 0.0697. The summed E-state index contributed by atoms with van der Waals surface area (Å²) in [5.74, 6) is -0.177. The first-order chi connectivity index (χ1) is 17.3. The Morgan fingerprint density at radius 1 is 1.00 bits per heavy atom. The zero-order valence-electron chi connectivity index (χ0n) is 19.0. The maximum Gasteiger partial charge on any atom is 0.276 e. The van der Waals surface area contributed by atoms with E-state index in [0.29, 0.717) is 33.0 Å². The zero-order valence-corrected chi connectivity index (χ0v) is 20.5. The third-order valence-electron chi connectivity index (χ3n) is 5.99. The molecular formula is C24H21ClN6O4S. The Kier molecular flexibility index (Phi) is 6.52. The van der Waals surface area contributed by atoms with E-state index in [1.807, 2.05) is 6.07 Å². The fourth-order valence-corrected chi connectivity index (χ4v) is 5.60. The number of amides is 1. The number of aromatic nitrogens is 3. The second kappa shape index (κ2) is 9.76. The molecule has 1 aliphatic heterocycles. The van der Waals surface area contributed by atoms with Crippen molar-refractivity contribution >= 4 is 38.6 Å². The zero-order chi connectivity index (χ0) is 25.3. The molecule has 12 heteroatoms. The molecule has 2 aromatic carbocycles. The summed E-state index contributed by atoms with van der Waals surface area (Å²) in [4.78, 5) is 36.6. The SMILES string of the molecule is O=NCc1cccc(-c2ccc(C(=O)N3CCN(S(=O)(=O)c4nc5cc(Cl)ccc5[nH]4)CC3)cc2)n1. The van der Waals surface area contributed by atoms with Crippen LogP contribution in [0.3, 0.4) is 0 Å². The van der Waals surface area contributed by atoms with Gasteiger partial charge >= 0.3 is 0 Å². The highest BCUT2D eigenvalue weighted by Crippen LogP contribution is 2.23. The summed E-state index contributed by atoms with van der Waals surface area (Å²) in [6, 6.07) is 17.3. The molecule has 36 heavy (non-hydrogen) atoms. The number of pyridine rings is 1. The van der Waals surface area contributed by atoms with Crippen LogP contribution >= 0.6 is 11.6 Å². The first-order valence-electron chi connectivity index (χ1n) is 11.2. The molecule has 10 nitrogen and oxygen atoms in total. The molecule has 184 valence electrons. The van der Waals surface area contributed by atoms with Gasteiger partial charge in [0.05, 0.1) is 22.4 Å². The molecule has 1 fully saturated rings. The first kappa shape index (κ1) is 24.0. The van der Waals surface area contributed by atoms with Crippen molar-refractivity contribution < 1.29 is 13.2 Å². The van der Waals surface area contributed by atoms with Crippen LogP contribution in [0.15, 0.2) is 71.0 Å². The molecule has 1 N–H and O–H groups in total. The van der Waals surface area contributed by atoms with Crippen molar-refractivity contribution in [3.05, 3.63) is 81.9 Å². The molecule has 1 aliphatic rings. The number of nitroso groups, excluding NO2 is 1. The van der Waals surface area contributed by atoms with Gasteiger partial charge in [-0.15, -0.1) is 0 Å². The molecule has 4 aromatic rings.